The quantitative estimate of drug-likeness (QED) is 0.385. The highest BCUT2D eigenvalue weighted by molar-refractivity contribution is 7.98. The Morgan fingerprint density at radius 2 is 2.11 bits per heavy atom. The minimum atomic E-state index is -0.276. The van der Waals surface area contributed by atoms with E-state index in [1.807, 2.05) is 12.1 Å². The lowest BCUT2D eigenvalue weighted by atomic mass is 10.4. The van der Waals surface area contributed by atoms with E-state index in [4.69, 9.17) is 29.0 Å². The number of rotatable bonds is 4. The number of amides is 1. The van der Waals surface area contributed by atoms with Gasteiger partial charge < -0.3 is 0 Å². The Hall–Kier alpha value is -0.720. The van der Waals surface area contributed by atoms with Crippen LogP contribution in [0.2, 0.25) is 10.0 Å². The fourth-order valence-corrected chi connectivity index (χ4v) is 3.83. The first kappa shape index (κ1) is 14.7. The molecule has 0 spiro atoms. The smallest absolute Gasteiger partial charge is 0.275 e. The molecule has 19 heavy (non-hydrogen) atoms. The lowest BCUT2D eigenvalue weighted by Crippen LogP contribution is -2.29. The molecule has 1 amide bonds. The molecule has 7 heteroatoms. The summed E-state index contributed by atoms with van der Waals surface area (Å²) in [5.74, 6) is 5.53. The normalized spacial score (nSPS) is 10.5. The van der Waals surface area contributed by atoms with Gasteiger partial charge in [-0.2, -0.15) is 0 Å². The van der Waals surface area contributed by atoms with Crippen molar-refractivity contribution in [3.63, 3.8) is 0 Å². The highest BCUT2D eigenvalue weighted by Crippen LogP contribution is 2.33. The molecule has 0 aliphatic carbocycles. The molecular formula is C12H10Cl2N2OS2. The third kappa shape index (κ3) is 3.87. The third-order valence-electron chi connectivity index (χ3n) is 2.28. The van der Waals surface area contributed by atoms with E-state index in [1.54, 1.807) is 30.0 Å². The predicted molar refractivity (Wildman–Crippen MR) is 82.0 cm³/mol. The van der Waals surface area contributed by atoms with Gasteiger partial charge in [0.1, 0.15) is 0 Å². The van der Waals surface area contributed by atoms with Gasteiger partial charge >= 0.3 is 0 Å². The molecule has 2 rings (SSSR count). The molecule has 0 saturated carbocycles. The van der Waals surface area contributed by atoms with Gasteiger partial charge in [-0.05, 0) is 30.3 Å². The van der Waals surface area contributed by atoms with Gasteiger partial charge in [0, 0.05) is 20.5 Å². The van der Waals surface area contributed by atoms with Crippen LogP contribution in [0, 0.1) is 0 Å². The SMILES string of the molecule is NNC(=O)c1ccc(CSc2cc(Cl)ccc2Cl)s1. The van der Waals surface area contributed by atoms with Crippen LogP contribution in [-0.4, -0.2) is 5.91 Å². The monoisotopic (exact) mass is 332 g/mol. The highest BCUT2D eigenvalue weighted by Gasteiger charge is 2.09. The number of hydrogen-bond donors (Lipinski definition) is 2. The van der Waals surface area contributed by atoms with E-state index in [0.29, 0.717) is 14.9 Å². The van der Waals surface area contributed by atoms with Gasteiger partial charge in [0.2, 0.25) is 0 Å². The van der Waals surface area contributed by atoms with Gasteiger partial charge in [-0.3, -0.25) is 10.2 Å². The Bertz CT molecular complexity index is 601. The maximum Gasteiger partial charge on any atom is 0.275 e. The van der Waals surface area contributed by atoms with Crippen LogP contribution in [0.25, 0.3) is 0 Å². The first-order valence-electron chi connectivity index (χ1n) is 5.27. The van der Waals surface area contributed by atoms with Crippen LogP contribution < -0.4 is 11.3 Å². The highest BCUT2D eigenvalue weighted by atomic mass is 35.5. The fraction of sp³-hybridized carbons (Fsp3) is 0.0833. The minimum absolute atomic E-state index is 0.276. The zero-order valence-corrected chi connectivity index (χ0v) is 12.8. The van der Waals surface area contributed by atoms with Crippen molar-refractivity contribution >= 4 is 52.2 Å². The summed E-state index contributed by atoms with van der Waals surface area (Å²) >= 11 is 15.0. The summed E-state index contributed by atoms with van der Waals surface area (Å²) in [6.07, 6.45) is 0. The molecule has 1 heterocycles. The van der Waals surface area contributed by atoms with Crippen LogP contribution in [0.5, 0.6) is 0 Å². The van der Waals surface area contributed by atoms with Crippen LogP contribution in [0.3, 0.4) is 0 Å². The van der Waals surface area contributed by atoms with Crippen molar-refractivity contribution in [2.75, 3.05) is 0 Å². The van der Waals surface area contributed by atoms with E-state index in [1.165, 1.54) is 11.3 Å². The first-order chi connectivity index (χ1) is 9.10. The van der Waals surface area contributed by atoms with Crippen LogP contribution in [0.15, 0.2) is 35.2 Å². The zero-order valence-electron chi connectivity index (χ0n) is 9.65. The number of thiophene rings is 1. The predicted octanol–water partition coefficient (Wildman–Crippen LogP) is 3.95. The summed E-state index contributed by atoms with van der Waals surface area (Å²) in [6.45, 7) is 0. The van der Waals surface area contributed by atoms with Crippen molar-refractivity contribution < 1.29 is 4.79 Å². The molecule has 0 unspecified atom stereocenters. The number of hydrogen-bond acceptors (Lipinski definition) is 4. The van der Waals surface area contributed by atoms with E-state index < -0.39 is 0 Å². The third-order valence-corrected chi connectivity index (χ3v) is 5.33. The molecule has 0 bridgehead atoms. The maximum atomic E-state index is 11.3. The molecule has 0 radical (unpaired) electrons. The molecule has 1 aromatic carbocycles. The summed E-state index contributed by atoms with van der Waals surface area (Å²) in [6, 6.07) is 9.01. The summed E-state index contributed by atoms with van der Waals surface area (Å²) in [5.41, 5.74) is 2.11. The Morgan fingerprint density at radius 3 is 2.84 bits per heavy atom. The standard InChI is InChI=1S/C12H10Cl2N2OS2/c13-7-1-3-9(14)11(5-7)18-6-8-2-4-10(19-8)12(17)16-15/h1-5H,6,15H2,(H,16,17). The van der Waals surface area contributed by atoms with Crippen molar-refractivity contribution in [3.05, 3.63) is 50.1 Å². The number of nitrogens with two attached hydrogens (primary N) is 1. The van der Waals surface area contributed by atoms with Crippen LogP contribution in [-0.2, 0) is 5.75 Å². The van der Waals surface area contributed by atoms with Crippen molar-refractivity contribution in [2.24, 2.45) is 5.84 Å². The molecule has 3 nitrogen and oxygen atoms in total. The molecular weight excluding hydrogens is 323 g/mol. The number of halogens is 2. The van der Waals surface area contributed by atoms with Crippen LogP contribution in [0.1, 0.15) is 14.5 Å². The molecule has 0 aliphatic rings. The molecule has 0 saturated heterocycles. The summed E-state index contributed by atoms with van der Waals surface area (Å²) in [5, 5.41) is 1.33. The summed E-state index contributed by atoms with van der Waals surface area (Å²) in [7, 11) is 0. The summed E-state index contributed by atoms with van der Waals surface area (Å²) in [4.78, 5) is 13.9. The molecule has 1 aromatic heterocycles. The first-order valence-corrected chi connectivity index (χ1v) is 7.83. The van der Waals surface area contributed by atoms with Crippen LogP contribution in [0.4, 0.5) is 0 Å². The number of hydrazine groups is 1. The number of benzene rings is 1. The van der Waals surface area contributed by atoms with Gasteiger partial charge in [-0.1, -0.05) is 23.2 Å². The maximum absolute atomic E-state index is 11.3. The van der Waals surface area contributed by atoms with E-state index in [9.17, 15) is 4.79 Å². The van der Waals surface area contributed by atoms with E-state index in [0.717, 1.165) is 15.5 Å². The van der Waals surface area contributed by atoms with E-state index >= 15 is 0 Å². The van der Waals surface area contributed by atoms with Crippen LogP contribution >= 0.6 is 46.3 Å². The Morgan fingerprint density at radius 1 is 1.32 bits per heavy atom. The van der Waals surface area contributed by atoms with Crippen molar-refractivity contribution in [1.82, 2.24) is 5.43 Å². The lowest BCUT2D eigenvalue weighted by Gasteiger charge is -2.03. The molecule has 0 fully saturated rings. The largest absolute Gasteiger partial charge is 0.289 e. The topological polar surface area (TPSA) is 55.1 Å². The van der Waals surface area contributed by atoms with Crippen molar-refractivity contribution in [2.45, 2.75) is 10.6 Å². The van der Waals surface area contributed by atoms with Crippen molar-refractivity contribution in [1.29, 1.82) is 0 Å². The van der Waals surface area contributed by atoms with Gasteiger partial charge in [0.25, 0.3) is 5.91 Å². The molecule has 0 aliphatic heterocycles. The van der Waals surface area contributed by atoms with Gasteiger partial charge in [0.15, 0.2) is 0 Å². The minimum Gasteiger partial charge on any atom is -0.289 e. The van der Waals surface area contributed by atoms with Gasteiger partial charge in [0.05, 0.1) is 9.90 Å². The van der Waals surface area contributed by atoms with Crippen molar-refractivity contribution in [3.8, 4) is 0 Å². The average Bonchev–Trinajstić information content (AvgIpc) is 2.88. The van der Waals surface area contributed by atoms with E-state index in [-0.39, 0.29) is 5.91 Å². The molecule has 3 N–H and O–H groups in total. The fourth-order valence-electron chi connectivity index (χ4n) is 1.39. The second-order valence-corrected chi connectivity index (χ2v) is 6.63. The molecule has 2 aromatic rings. The number of nitrogen functional groups attached to an aromatic ring is 1. The zero-order chi connectivity index (χ0) is 13.8. The second-order valence-electron chi connectivity index (χ2n) is 3.60. The Balaban J connectivity index is 2.04. The molecule has 0 atom stereocenters. The number of nitrogens with one attached hydrogen (secondary N) is 1. The second kappa shape index (κ2) is 6.63. The number of carbonyl (C=O) groups excluding carboxylic acids is 1. The number of carbonyl (C=O) groups is 1. The average molecular weight is 333 g/mol. The Kier molecular flexibility index (Phi) is 5.13. The number of thioether (sulfide) groups is 1. The Labute approximate surface area is 129 Å². The molecule has 100 valence electrons. The van der Waals surface area contributed by atoms with Gasteiger partial charge in [-0.15, -0.1) is 23.1 Å². The van der Waals surface area contributed by atoms with Gasteiger partial charge in [-0.25, -0.2) is 5.84 Å². The summed E-state index contributed by atoms with van der Waals surface area (Å²) < 4.78 is 0. The van der Waals surface area contributed by atoms with E-state index in [2.05, 4.69) is 5.43 Å². The lowest BCUT2D eigenvalue weighted by molar-refractivity contribution is 0.0957.